The number of hydrogen-bond donors (Lipinski definition) is 0. The first kappa shape index (κ1) is 16.9. The van der Waals surface area contributed by atoms with Crippen molar-refractivity contribution in [3.63, 3.8) is 0 Å². The number of fused-ring (bicyclic) bond motifs is 1. The molecule has 4 nitrogen and oxygen atoms in total. The second-order valence-corrected chi connectivity index (χ2v) is 6.60. The molecular formula is C23H19N3O. The van der Waals surface area contributed by atoms with Crippen LogP contribution in [-0.2, 0) is 6.61 Å². The summed E-state index contributed by atoms with van der Waals surface area (Å²) in [5.74, 6) is 0.855. The Kier molecular flexibility index (Phi) is 4.35. The highest BCUT2D eigenvalue weighted by Crippen LogP contribution is 2.27. The van der Waals surface area contributed by atoms with E-state index < -0.39 is 0 Å². The number of nitrogens with zero attached hydrogens (tertiary/aromatic N) is 3. The van der Waals surface area contributed by atoms with Gasteiger partial charge in [0.2, 0.25) is 0 Å². The zero-order valence-electron chi connectivity index (χ0n) is 15.3. The number of aromatic nitrogens is 2. The maximum Gasteiger partial charge on any atom is 0.187 e. The normalized spacial score (nSPS) is 10.7. The summed E-state index contributed by atoms with van der Waals surface area (Å²) >= 11 is 0. The number of aryl methyl sites for hydroxylation is 2. The van der Waals surface area contributed by atoms with Crippen LogP contribution < -0.4 is 4.74 Å². The van der Waals surface area contributed by atoms with Gasteiger partial charge in [-0.05, 0) is 54.8 Å². The van der Waals surface area contributed by atoms with E-state index in [-0.39, 0.29) is 0 Å². The third-order valence-electron chi connectivity index (χ3n) is 4.61. The van der Waals surface area contributed by atoms with E-state index in [0.717, 1.165) is 39.3 Å². The van der Waals surface area contributed by atoms with Gasteiger partial charge in [0.05, 0.1) is 12.3 Å². The van der Waals surface area contributed by atoms with Crippen LogP contribution in [0.5, 0.6) is 5.75 Å². The van der Waals surface area contributed by atoms with E-state index in [2.05, 4.69) is 34.5 Å². The van der Waals surface area contributed by atoms with Gasteiger partial charge in [0.15, 0.2) is 5.69 Å². The summed E-state index contributed by atoms with van der Waals surface area (Å²) < 4.78 is 8.01. The summed E-state index contributed by atoms with van der Waals surface area (Å²) in [6.45, 7) is 11.6. The molecule has 4 aromatic rings. The van der Waals surface area contributed by atoms with E-state index in [1.54, 1.807) is 0 Å². The van der Waals surface area contributed by atoms with Crippen molar-refractivity contribution in [2.24, 2.45) is 0 Å². The molecule has 132 valence electrons. The summed E-state index contributed by atoms with van der Waals surface area (Å²) in [5, 5.41) is 0. The van der Waals surface area contributed by atoms with Crippen molar-refractivity contribution in [2.75, 3.05) is 0 Å². The Labute approximate surface area is 158 Å². The van der Waals surface area contributed by atoms with Gasteiger partial charge in [0, 0.05) is 18.0 Å². The van der Waals surface area contributed by atoms with Crippen LogP contribution >= 0.6 is 0 Å². The monoisotopic (exact) mass is 353 g/mol. The maximum atomic E-state index is 7.00. The van der Waals surface area contributed by atoms with Gasteiger partial charge in [0.25, 0.3) is 0 Å². The standard InChI is InChI=1S/C23H19N3O/c1-16-5-4-12-26-14-21(25-23(16)26)19-8-11-22(17(2)13-19)27-15-18-6-9-20(24-3)10-7-18/h4-14H,15H2,1-2H3. The Hall–Kier alpha value is -3.58. The molecule has 0 aliphatic carbocycles. The van der Waals surface area contributed by atoms with E-state index >= 15 is 0 Å². The first-order valence-electron chi connectivity index (χ1n) is 8.78. The largest absolute Gasteiger partial charge is 0.489 e. The molecule has 2 aromatic heterocycles. The minimum absolute atomic E-state index is 0.478. The second kappa shape index (κ2) is 6.97. The van der Waals surface area contributed by atoms with Crippen molar-refractivity contribution in [1.82, 2.24) is 9.38 Å². The Morgan fingerprint density at radius 2 is 1.85 bits per heavy atom. The molecule has 0 N–H and O–H groups in total. The smallest absolute Gasteiger partial charge is 0.187 e. The predicted octanol–water partition coefficient (Wildman–Crippen LogP) is 5.75. The maximum absolute atomic E-state index is 7.00. The molecule has 0 spiro atoms. The zero-order valence-corrected chi connectivity index (χ0v) is 15.3. The third kappa shape index (κ3) is 3.40. The second-order valence-electron chi connectivity index (χ2n) is 6.60. The lowest BCUT2D eigenvalue weighted by molar-refractivity contribution is 0.304. The number of hydrogen-bond acceptors (Lipinski definition) is 2. The van der Waals surface area contributed by atoms with Crippen molar-refractivity contribution in [3.8, 4) is 17.0 Å². The molecule has 0 radical (unpaired) electrons. The van der Waals surface area contributed by atoms with Crippen LogP contribution in [0.3, 0.4) is 0 Å². The number of benzene rings is 2. The lowest BCUT2D eigenvalue weighted by Gasteiger charge is -2.10. The van der Waals surface area contributed by atoms with Gasteiger partial charge >= 0.3 is 0 Å². The van der Waals surface area contributed by atoms with Gasteiger partial charge in [-0.15, -0.1) is 0 Å². The van der Waals surface area contributed by atoms with Gasteiger partial charge in [-0.3, -0.25) is 0 Å². The fraction of sp³-hybridized carbons (Fsp3) is 0.130. The molecule has 0 fully saturated rings. The summed E-state index contributed by atoms with van der Waals surface area (Å²) in [6, 6.07) is 17.7. The quantitative estimate of drug-likeness (QED) is 0.438. The van der Waals surface area contributed by atoms with Crippen LogP contribution in [0.4, 0.5) is 5.69 Å². The molecule has 2 heterocycles. The van der Waals surface area contributed by atoms with Gasteiger partial charge < -0.3 is 9.14 Å². The molecule has 0 atom stereocenters. The molecule has 4 heteroatoms. The van der Waals surface area contributed by atoms with Crippen molar-refractivity contribution in [3.05, 3.63) is 95.1 Å². The fourth-order valence-corrected chi connectivity index (χ4v) is 3.09. The van der Waals surface area contributed by atoms with Crippen LogP contribution in [0, 0.1) is 20.4 Å². The molecule has 27 heavy (non-hydrogen) atoms. The highest BCUT2D eigenvalue weighted by Gasteiger charge is 2.08. The van der Waals surface area contributed by atoms with Gasteiger partial charge in [-0.25, -0.2) is 9.83 Å². The topological polar surface area (TPSA) is 30.9 Å². The molecule has 0 unspecified atom stereocenters. The first-order valence-corrected chi connectivity index (χ1v) is 8.78. The SMILES string of the molecule is [C-]#[N+]c1ccc(COc2ccc(-c3cn4cccc(C)c4n3)cc2C)cc1. The number of ether oxygens (including phenoxy) is 1. The van der Waals surface area contributed by atoms with Gasteiger partial charge in [0.1, 0.15) is 18.0 Å². The molecular weight excluding hydrogens is 334 g/mol. The summed E-state index contributed by atoms with van der Waals surface area (Å²) in [4.78, 5) is 8.17. The van der Waals surface area contributed by atoms with Crippen LogP contribution in [0.1, 0.15) is 16.7 Å². The van der Waals surface area contributed by atoms with Crippen LogP contribution in [-0.4, -0.2) is 9.38 Å². The minimum atomic E-state index is 0.478. The number of rotatable bonds is 4. The van der Waals surface area contributed by atoms with Gasteiger partial charge in [-0.1, -0.05) is 30.3 Å². The Balaban J connectivity index is 1.54. The molecule has 0 amide bonds. The Bertz CT molecular complexity index is 1150. The summed E-state index contributed by atoms with van der Waals surface area (Å²) in [7, 11) is 0. The molecule has 2 aromatic carbocycles. The van der Waals surface area contributed by atoms with Crippen LogP contribution in [0.15, 0.2) is 67.0 Å². The molecule has 0 saturated heterocycles. The number of pyridine rings is 1. The first-order chi connectivity index (χ1) is 13.1. The highest BCUT2D eigenvalue weighted by molar-refractivity contribution is 5.66. The van der Waals surface area contributed by atoms with Crippen LogP contribution in [0.25, 0.3) is 21.7 Å². The van der Waals surface area contributed by atoms with E-state index in [1.165, 1.54) is 0 Å². The third-order valence-corrected chi connectivity index (χ3v) is 4.61. The molecule has 4 rings (SSSR count). The predicted molar refractivity (Wildman–Crippen MR) is 107 cm³/mol. The molecule has 0 aliphatic heterocycles. The average molecular weight is 353 g/mol. The van der Waals surface area contributed by atoms with Crippen molar-refractivity contribution >= 4 is 11.3 Å². The lowest BCUT2D eigenvalue weighted by Crippen LogP contribution is -1.97. The van der Waals surface area contributed by atoms with Crippen molar-refractivity contribution in [2.45, 2.75) is 20.5 Å². The van der Waals surface area contributed by atoms with E-state index in [0.29, 0.717) is 12.3 Å². The van der Waals surface area contributed by atoms with Crippen LogP contribution in [0.2, 0.25) is 0 Å². The van der Waals surface area contributed by atoms with Crippen molar-refractivity contribution < 1.29 is 4.74 Å². The van der Waals surface area contributed by atoms with E-state index in [4.69, 9.17) is 16.3 Å². The fourth-order valence-electron chi connectivity index (χ4n) is 3.09. The van der Waals surface area contributed by atoms with Crippen molar-refractivity contribution in [1.29, 1.82) is 0 Å². The Morgan fingerprint density at radius 1 is 1.04 bits per heavy atom. The zero-order chi connectivity index (χ0) is 18.8. The Morgan fingerprint density at radius 3 is 2.56 bits per heavy atom. The summed E-state index contributed by atoms with van der Waals surface area (Å²) in [6.07, 6.45) is 4.07. The molecule has 0 saturated carbocycles. The highest BCUT2D eigenvalue weighted by atomic mass is 16.5. The lowest BCUT2D eigenvalue weighted by atomic mass is 10.1. The van der Waals surface area contributed by atoms with E-state index in [9.17, 15) is 0 Å². The molecule has 0 aliphatic rings. The molecule has 0 bridgehead atoms. The average Bonchev–Trinajstić information content (AvgIpc) is 3.13. The van der Waals surface area contributed by atoms with E-state index in [1.807, 2.05) is 55.6 Å². The summed E-state index contributed by atoms with van der Waals surface area (Å²) in [5.41, 5.74) is 6.92. The number of imidazole rings is 1. The minimum Gasteiger partial charge on any atom is -0.489 e. The van der Waals surface area contributed by atoms with Gasteiger partial charge in [-0.2, -0.15) is 0 Å².